The van der Waals surface area contributed by atoms with Gasteiger partial charge in [0.05, 0.1) is 0 Å². The molecule has 0 aromatic carbocycles. The fourth-order valence-corrected chi connectivity index (χ4v) is 2.33. The summed E-state index contributed by atoms with van der Waals surface area (Å²) in [5, 5.41) is 12.3. The van der Waals surface area contributed by atoms with Crippen LogP contribution in [-0.4, -0.2) is 40.7 Å². The molecule has 6 nitrogen and oxygen atoms in total. The Labute approximate surface area is 142 Å². The van der Waals surface area contributed by atoms with Gasteiger partial charge in [-0.2, -0.15) is 0 Å². The predicted octanol–water partition coefficient (Wildman–Crippen LogP) is 1.54. The number of amides is 1. The normalized spacial score (nSPS) is 11.8. The molecule has 128 valence electrons. The van der Waals surface area contributed by atoms with Crippen LogP contribution < -0.4 is 10.2 Å². The lowest BCUT2D eigenvalue weighted by atomic mass is 10.2. The van der Waals surface area contributed by atoms with E-state index in [0.29, 0.717) is 13.0 Å². The van der Waals surface area contributed by atoms with E-state index in [-0.39, 0.29) is 5.91 Å². The van der Waals surface area contributed by atoms with Crippen molar-refractivity contribution in [3.05, 3.63) is 54.0 Å². The van der Waals surface area contributed by atoms with Crippen molar-refractivity contribution in [2.45, 2.75) is 32.4 Å². The van der Waals surface area contributed by atoms with Crippen LogP contribution in [0.1, 0.15) is 24.6 Å². The number of carbonyl (C=O) groups excluding carboxylic acids is 1. The second-order valence-electron chi connectivity index (χ2n) is 5.62. The van der Waals surface area contributed by atoms with Crippen LogP contribution in [0.15, 0.2) is 42.7 Å². The van der Waals surface area contributed by atoms with Crippen LogP contribution in [0.3, 0.4) is 0 Å². The van der Waals surface area contributed by atoms with Gasteiger partial charge in [-0.3, -0.25) is 9.78 Å². The van der Waals surface area contributed by atoms with E-state index < -0.39 is 6.10 Å². The number of aliphatic hydroxyl groups excluding tert-OH is 1. The first-order valence-electron chi connectivity index (χ1n) is 8.12. The van der Waals surface area contributed by atoms with Gasteiger partial charge in [-0.15, -0.1) is 0 Å². The third-order valence-corrected chi connectivity index (χ3v) is 3.80. The smallest absolute Gasteiger partial charge is 0.249 e. The maximum atomic E-state index is 11.7. The van der Waals surface area contributed by atoms with Crippen LogP contribution >= 0.6 is 0 Å². The summed E-state index contributed by atoms with van der Waals surface area (Å²) in [6.07, 6.45) is 3.77. The molecule has 2 N–H and O–H groups in total. The third kappa shape index (κ3) is 5.03. The molecule has 6 heteroatoms. The van der Waals surface area contributed by atoms with E-state index in [9.17, 15) is 9.90 Å². The highest BCUT2D eigenvalue weighted by Gasteiger charge is 2.14. The highest BCUT2D eigenvalue weighted by molar-refractivity contribution is 5.80. The van der Waals surface area contributed by atoms with Crippen LogP contribution in [0.25, 0.3) is 0 Å². The Bertz CT molecular complexity index is 648. The summed E-state index contributed by atoms with van der Waals surface area (Å²) in [5.41, 5.74) is 1.94. The van der Waals surface area contributed by atoms with Gasteiger partial charge in [-0.25, -0.2) is 4.98 Å². The van der Waals surface area contributed by atoms with Crippen LogP contribution in [0, 0.1) is 0 Å². The summed E-state index contributed by atoms with van der Waals surface area (Å²) < 4.78 is 0. The molecule has 0 fully saturated rings. The minimum Gasteiger partial charge on any atom is -0.383 e. The SMILES string of the molecule is CCC(O)C(=O)NCc1cccnc1N(C)CCc1ccccn1. The first-order chi connectivity index (χ1) is 11.6. The van der Waals surface area contributed by atoms with E-state index in [2.05, 4.69) is 15.3 Å². The highest BCUT2D eigenvalue weighted by Crippen LogP contribution is 2.16. The van der Waals surface area contributed by atoms with Crippen molar-refractivity contribution < 1.29 is 9.90 Å². The molecule has 0 aliphatic heterocycles. The monoisotopic (exact) mass is 328 g/mol. The van der Waals surface area contributed by atoms with Crippen molar-refractivity contribution in [1.82, 2.24) is 15.3 Å². The minimum atomic E-state index is -0.966. The Morgan fingerprint density at radius 1 is 1.25 bits per heavy atom. The van der Waals surface area contributed by atoms with Gasteiger partial charge in [0, 0.05) is 50.2 Å². The molecular weight excluding hydrogens is 304 g/mol. The van der Waals surface area contributed by atoms with Gasteiger partial charge < -0.3 is 15.3 Å². The number of aliphatic hydroxyl groups is 1. The largest absolute Gasteiger partial charge is 0.383 e. The van der Waals surface area contributed by atoms with Crippen LogP contribution in [0.2, 0.25) is 0 Å². The van der Waals surface area contributed by atoms with Gasteiger partial charge in [-0.1, -0.05) is 19.1 Å². The second kappa shape index (κ2) is 8.98. The Morgan fingerprint density at radius 3 is 2.75 bits per heavy atom. The third-order valence-electron chi connectivity index (χ3n) is 3.80. The van der Waals surface area contributed by atoms with Crippen molar-refractivity contribution in [2.75, 3.05) is 18.5 Å². The number of hydrogen-bond donors (Lipinski definition) is 2. The summed E-state index contributed by atoms with van der Waals surface area (Å²) in [7, 11) is 1.97. The molecule has 0 saturated carbocycles. The van der Waals surface area contributed by atoms with Crippen LogP contribution in [-0.2, 0) is 17.8 Å². The molecule has 0 saturated heterocycles. The highest BCUT2D eigenvalue weighted by atomic mass is 16.3. The molecule has 2 aromatic rings. The lowest BCUT2D eigenvalue weighted by Crippen LogP contribution is -2.34. The van der Waals surface area contributed by atoms with E-state index in [1.807, 2.05) is 42.3 Å². The summed E-state index contributed by atoms with van der Waals surface area (Å²) in [4.78, 5) is 22.5. The summed E-state index contributed by atoms with van der Waals surface area (Å²) in [5.74, 6) is 0.461. The number of rotatable bonds is 8. The second-order valence-corrected chi connectivity index (χ2v) is 5.62. The van der Waals surface area contributed by atoms with Gasteiger partial charge in [0.25, 0.3) is 0 Å². The Morgan fingerprint density at radius 2 is 2.04 bits per heavy atom. The number of nitrogens with one attached hydrogen (secondary N) is 1. The molecule has 0 aliphatic rings. The van der Waals surface area contributed by atoms with E-state index in [1.54, 1.807) is 19.3 Å². The first-order valence-corrected chi connectivity index (χ1v) is 8.12. The quantitative estimate of drug-likeness (QED) is 0.768. The van der Waals surface area contributed by atoms with Crippen LogP contribution in [0.4, 0.5) is 5.82 Å². The van der Waals surface area contributed by atoms with Crippen molar-refractivity contribution in [2.24, 2.45) is 0 Å². The zero-order valence-corrected chi connectivity index (χ0v) is 14.1. The average Bonchev–Trinajstić information content (AvgIpc) is 2.64. The molecule has 0 bridgehead atoms. The van der Waals surface area contributed by atoms with Gasteiger partial charge in [0.15, 0.2) is 0 Å². The van der Waals surface area contributed by atoms with E-state index in [1.165, 1.54) is 0 Å². The number of nitrogens with zero attached hydrogens (tertiary/aromatic N) is 3. The number of likely N-dealkylation sites (N-methyl/N-ethyl adjacent to an activating group) is 1. The summed E-state index contributed by atoms with van der Waals surface area (Å²) in [6.45, 7) is 2.88. The standard InChI is InChI=1S/C18H24N4O2/c1-3-16(23)18(24)21-13-14-7-6-11-20-17(14)22(2)12-9-15-8-4-5-10-19-15/h4-8,10-11,16,23H,3,9,12-13H2,1-2H3,(H,21,24). The molecule has 1 unspecified atom stereocenters. The van der Waals surface area contributed by atoms with Crippen molar-refractivity contribution in [1.29, 1.82) is 0 Å². The molecule has 2 rings (SSSR count). The zero-order valence-electron chi connectivity index (χ0n) is 14.1. The Balaban J connectivity index is 1.98. The van der Waals surface area contributed by atoms with Gasteiger partial charge in [0.1, 0.15) is 11.9 Å². The minimum absolute atomic E-state index is 0.340. The number of carbonyl (C=O) groups is 1. The van der Waals surface area contributed by atoms with E-state index in [0.717, 1.165) is 30.0 Å². The van der Waals surface area contributed by atoms with Crippen molar-refractivity contribution in [3.63, 3.8) is 0 Å². The molecule has 0 aliphatic carbocycles. The van der Waals surface area contributed by atoms with Crippen molar-refractivity contribution >= 4 is 11.7 Å². The van der Waals surface area contributed by atoms with Gasteiger partial charge in [-0.05, 0) is 24.6 Å². The van der Waals surface area contributed by atoms with Gasteiger partial charge >= 0.3 is 0 Å². The van der Waals surface area contributed by atoms with E-state index >= 15 is 0 Å². The number of anilines is 1. The predicted molar refractivity (Wildman–Crippen MR) is 93.6 cm³/mol. The Kier molecular flexibility index (Phi) is 6.69. The molecule has 24 heavy (non-hydrogen) atoms. The molecular formula is C18H24N4O2. The number of pyridine rings is 2. The zero-order chi connectivity index (χ0) is 17.4. The molecule has 2 heterocycles. The topological polar surface area (TPSA) is 78.3 Å². The lowest BCUT2D eigenvalue weighted by Gasteiger charge is -2.21. The molecule has 1 atom stereocenters. The molecule has 0 radical (unpaired) electrons. The average molecular weight is 328 g/mol. The molecule has 0 spiro atoms. The molecule has 1 amide bonds. The fourth-order valence-electron chi connectivity index (χ4n) is 2.33. The number of hydrogen-bond acceptors (Lipinski definition) is 5. The Hall–Kier alpha value is -2.47. The van der Waals surface area contributed by atoms with E-state index in [4.69, 9.17) is 0 Å². The van der Waals surface area contributed by atoms with Gasteiger partial charge in [0.2, 0.25) is 5.91 Å². The van der Waals surface area contributed by atoms with Crippen LogP contribution in [0.5, 0.6) is 0 Å². The fraction of sp³-hybridized carbons (Fsp3) is 0.389. The maximum Gasteiger partial charge on any atom is 0.249 e. The maximum absolute atomic E-state index is 11.7. The molecule has 2 aromatic heterocycles. The summed E-state index contributed by atoms with van der Waals surface area (Å²) >= 11 is 0. The first kappa shape index (κ1) is 17.9. The lowest BCUT2D eigenvalue weighted by molar-refractivity contribution is -0.129. The summed E-state index contributed by atoms with van der Waals surface area (Å²) in [6, 6.07) is 9.64. The number of aromatic nitrogens is 2. The van der Waals surface area contributed by atoms with Crippen molar-refractivity contribution in [3.8, 4) is 0 Å².